The Labute approximate surface area is 107 Å². The van der Waals surface area contributed by atoms with Gasteiger partial charge in [0.25, 0.3) is 0 Å². The highest BCUT2D eigenvalue weighted by molar-refractivity contribution is 6.35. The van der Waals surface area contributed by atoms with E-state index < -0.39 is 6.10 Å². The largest absolute Gasteiger partial charge is 0.389 e. The summed E-state index contributed by atoms with van der Waals surface area (Å²) in [5.74, 6) is 0. The van der Waals surface area contributed by atoms with Crippen LogP contribution < -0.4 is 0 Å². The van der Waals surface area contributed by atoms with E-state index in [1.807, 2.05) is 10.6 Å². The maximum Gasteiger partial charge on any atom is 0.225 e. The summed E-state index contributed by atoms with van der Waals surface area (Å²) in [6.45, 7) is 0. The summed E-state index contributed by atoms with van der Waals surface area (Å²) in [4.78, 5) is 12.1. The molecule has 0 saturated heterocycles. The van der Waals surface area contributed by atoms with E-state index in [-0.39, 0.29) is 16.5 Å². The number of aliphatic hydroxyl groups excluding tert-OH is 1. The average Bonchev–Trinajstić information content (AvgIpc) is 2.83. The molecular formula is C10H8Cl2N4O. The molecule has 1 aliphatic rings. The number of hydrogen-bond acceptors (Lipinski definition) is 4. The van der Waals surface area contributed by atoms with Crippen LogP contribution in [-0.4, -0.2) is 30.7 Å². The van der Waals surface area contributed by atoms with Crippen molar-refractivity contribution in [2.24, 2.45) is 0 Å². The van der Waals surface area contributed by atoms with Gasteiger partial charge in [0.05, 0.1) is 18.5 Å². The van der Waals surface area contributed by atoms with Crippen molar-refractivity contribution in [1.82, 2.24) is 19.5 Å². The Morgan fingerprint density at radius 1 is 1.29 bits per heavy atom. The van der Waals surface area contributed by atoms with E-state index in [1.165, 1.54) is 0 Å². The highest BCUT2D eigenvalue weighted by Crippen LogP contribution is 2.28. The SMILES string of the molecule is OC1C=CC(n2cnc3c(Cl)nc(Cl)nc32)C1. The summed E-state index contributed by atoms with van der Waals surface area (Å²) in [5, 5.41) is 9.80. The van der Waals surface area contributed by atoms with Crippen LogP contribution >= 0.6 is 23.2 Å². The van der Waals surface area contributed by atoms with E-state index in [0.717, 1.165) is 0 Å². The van der Waals surface area contributed by atoms with E-state index >= 15 is 0 Å². The van der Waals surface area contributed by atoms with Gasteiger partial charge in [-0.25, -0.2) is 9.97 Å². The minimum absolute atomic E-state index is 0.0250. The predicted molar refractivity (Wildman–Crippen MR) is 64.1 cm³/mol. The van der Waals surface area contributed by atoms with Crippen molar-refractivity contribution in [2.45, 2.75) is 18.6 Å². The lowest BCUT2D eigenvalue weighted by atomic mass is 10.2. The number of nitrogens with zero attached hydrogens (tertiary/aromatic N) is 4. The lowest BCUT2D eigenvalue weighted by molar-refractivity contribution is 0.211. The lowest BCUT2D eigenvalue weighted by Gasteiger charge is -2.11. The van der Waals surface area contributed by atoms with Gasteiger partial charge >= 0.3 is 0 Å². The quantitative estimate of drug-likeness (QED) is 0.489. The summed E-state index contributed by atoms with van der Waals surface area (Å²) >= 11 is 11.7. The summed E-state index contributed by atoms with van der Waals surface area (Å²) in [6, 6.07) is 0.0250. The first-order valence-electron chi connectivity index (χ1n) is 5.07. The zero-order valence-electron chi connectivity index (χ0n) is 8.59. The summed E-state index contributed by atoms with van der Waals surface area (Å²) in [7, 11) is 0. The van der Waals surface area contributed by atoms with Gasteiger partial charge in [0, 0.05) is 6.42 Å². The zero-order valence-corrected chi connectivity index (χ0v) is 10.1. The van der Waals surface area contributed by atoms with Gasteiger partial charge in [-0.1, -0.05) is 23.8 Å². The number of aromatic nitrogens is 4. The molecule has 0 amide bonds. The molecule has 3 rings (SSSR count). The molecule has 1 aliphatic carbocycles. The topological polar surface area (TPSA) is 63.8 Å². The molecule has 7 heteroatoms. The van der Waals surface area contributed by atoms with Gasteiger partial charge in [-0.05, 0) is 11.6 Å². The zero-order chi connectivity index (χ0) is 12.0. The fraction of sp³-hybridized carbons (Fsp3) is 0.300. The van der Waals surface area contributed by atoms with Crippen LogP contribution in [0.4, 0.5) is 0 Å². The molecule has 2 unspecified atom stereocenters. The molecule has 0 fully saturated rings. The molecule has 5 nitrogen and oxygen atoms in total. The predicted octanol–water partition coefficient (Wildman–Crippen LogP) is 1.99. The third-order valence-corrected chi connectivity index (χ3v) is 3.18. The normalized spacial score (nSPS) is 23.7. The van der Waals surface area contributed by atoms with Gasteiger partial charge in [0.1, 0.15) is 5.52 Å². The van der Waals surface area contributed by atoms with Gasteiger partial charge < -0.3 is 9.67 Å². The van der Waals surface area contributed by atoms with E-state index in [1.54, 1.807) is 12.4 Å². The van der Waals surface area contributed by atoms with Crippen molar-refractivity contribution in [3.8, 4) is 0 Å². The number of allylic oxidation sites excluding steroid dienone is 1. The van der Waals surface area contributed by atoms with Crippen molar-refractivity contribution < 1.29 is 5.11 Å². The summed E-state index contributed by atoms with van der Waals surface area (Å²) < 4.78 is 1.83. The van der Waals surface area contributed by atoms with Crippen LogP contribution in [0.5, 0.6) is 0 Å². The van der Waals surface area contributed by atoms with E-state index in [4.69, 9.17) is 23.2 Å². The smallest absolute Gasteiger partial charge is 0.225 e. The number of aliphatic hydroxyl groups is 1. The van der Waals surface area contributed by atoms with E-state index in [2.05, 4.69) is 15.0 Å². The molecule has 0 bridgehead atoms. The van der Waals surface area contributed by atoms with Crippen LogP contribution in [0.2, 0.25) is 10.4 Å². The third kappa shape index (κ3) is 1.80. The van der Waals surface area contributed by atoms with Crippen molar-refractivity contribution in [2.75, 3.05) is 0 Å². The highest BCUT2D eigenvalue weighted by Gasteiger charge is 2.21. The highest BCUT2D eigenvalue weighted by atomic mass is 35.5. The molecule has 2 aromatic rings. The molecule has 0 radical (unpaired) electrons. The van der Waals surface area contributed by atoms with Gasteiger partial charge in [0.2, 0.25) is 5.28 Å². The molecule has 0 saturated carbocycles. The molecular weight excluding hydrogens is 263 g/mol. The van der Waals surface area contributed by atoms with Gasteiger partial charge in [0.15, 0.2) is 10.8 Å². The number of hydrogen-bond donors (Lipinski definition) is 1. The maximum atomic E-state index is 9.47. The van der Waals surface area contributed by atoms with Crippen LogP contribution in [0.15, 0.2) is 18.5 Å². The third-order valence-electron chi connectivity index (χ3n) is 2.75. The Morgan fingerprint density at radius 3 is 2.82 bits per heavy atom. The van der Waals surface area contributed by atoms with E-state index in [0.29, 0.717) is 17.6 Å². The van der Waals surface area contributed by atoms with Crippen LogP contribution in [0.25, 0.3) is 11.2 Å². The van der Waals surface area contributed by atoms with Crippen molar-refractivity contribution in [3.63, 3.8) is 0 Å². The number of fused-ring (bicyclic) bond motifs is 1. The molecule has 0 spiro atoms. The fourth-order valence-electron chi connectivity index (χ4n) is 1.97. The minimum atomic E-state index is -0.426. The molecule has 2 atom stereocenters. The summed E-state index contributed by atoms with van der Waals surface area (Å²) in [5.41, 5.74) is 1.10. The number of halogens is 2. The first kappa shape index (κ1) is 11.0. The second-order valence-corrected chi connectivity index (χ2v) is 4.56. The van der Waals surface area contributed by atoms with Crippen LogP contribution in [0, 0.1) is 0 Å². The van der Waals surface area contributed by atoms with Gasteiger partial charge in [-0.15, -0.1) is 0 Å². The lowest BCUT2D eigenvalue weighted by Crippen LogP contribution is -2.08. The molecule has 17 heavy (non-hydrogen) atoms. The van der Waals surface area contributed by atoms with E-state index in [9.17, 15) is 5.11 Å². The monoisotopic (exact) mass is 270 g/mol. The first-order valence-corrected chi connectivity index (χ1v) is 5.82. The Kier molecular flexibility index (Phi) is 2.54. The Balaban J connectivity index is 2.15. The molecule has 1 N–H and O–H groups in total. The maximum absolute atomic E-state index is 9.47. The fourth-order valence-corrected chi connectivity index (χ4v) is 2.39. The van der Waals surface area contributed by atoms with Gasteiger partial charge in [-0.3, -0.25) is 0 Å². The Bertz CT molecular complexity index is 610. The Morgan fingerprint density at radius 2 is 2.12 bits per heavy atom. The average molecular weight is 271 g/mol. The molecule has 88 valence electrons. The standard InChI is InChI=1S/C10H8Cl2N4O/c11-8-7-9(15-10(12)14-8)16(4-13-7)5-1-2-6(17)3-5/h1-2,4-6,17H,3H2. The van der Waals surface area contributed by atoms with Crippen molar-refractivity contribution in [1.29, 1.82) is 0 Å². The minimum Gasteiger partial charge on any atom is -0.389 e. The van der Waals surface area contributed by atoms with Crippen molar-refractivity contribution >= 4 is 34.4 Å². The molecule has 0 aliphatic heterocycles. The number of rotatable bonds is 1. The molecule has 2 heterocycles. The molecule has 2 aromatic heterocycles. The van der Waals surface area contributed by atoms with Crippen LogP contribution in [0.1, 0.15) is 12.5 Å². The molecule has 0 aromatic carbocycles. The van der Waals surface area contributed by atoms with Crippen molar-refractivity contribution in [3.05, 3.63) is 28.9 Å². The number of imidazole rings is 1. The van der Waals surface area contributed by atoms with Gasteiger partial charge in [-0.2, -0.15) is 4.98 Å². The second-order valence-electron chi connectivity index (χ2n) is 3.86. The van der Waals surface area contributed by atoms with Crippen LogP contribution in [0.3, 0.4) is 0 Å². The first-order chi connectivity index (χ1) is 8.15. The second kappa shape index (κ2) is 3.94. The Hall–Kier alpha value is -1.17. The summed E-state index contributed by atoms with van der Waals surface area (Å²) in [6.07, 6.45) is 5.47. The van der Waals surface area contributed by atoms with Crippen LogP contribution in [-0.2, 0) is 0 Å².